The smallest absolute Gasteiger partial charge is 0.329 e. The van der Waals surface area contributed by atoms with Gasteiger partial charge >= 0.3 is 11.9 Å². The molecule has 0 N–H and O–H groups in total. The van der Waals surface area contributed by atoms with E-state index in [1.165, 1.54) is 26.3 Å². The summed E-state index contributed by atoms with van der Waals surface area (Å²) in [5.74, 6) is -3.78. The third-order valence-electron chi connectivity index (χ3n) is 3.25. The van der Waals surface area contributed by atoms with Gasteiger partial charge in [0.2, 0.25) is 0 Å². The maximum atomic E-state index is 11.8. The van der Waals surface area contributed by atoms with E-state index in [9.17, 15) is 9.59 Å². The molecule has 3 rings (SSSR count). The second kappa shape index (κ2) is 6.19. The first-order valence-corrected chi connectivity index (χ1v) is 7.32. The zero-order valence-corrected chi connectivity index (χ0v) is 13.2. The van der Waals surface area contributed by atoms with Gasteiger partial charge in [0.1, 0.15) is 0 Å². The fourth-order valence-electron chi connectivity index (χ4n) is 2.14. The van der Waals surface area contributed by atoms with Crippen molar-refractivity contribution in [1.82, 2.24) is 9.97 Å². The van der Waals surface area contributed by atoms with Gasteiger partial charge < -0.3 is 9.47 Å². The predicted molar refractivity (Wildman–Crippen MR) is 85.4 cm³/mol. The molecule has 24 heavy (non-hydrogen) atoms. The van der Waals surface area contributed by atoms with E-state index in [1.807, 2.05) is 18.2 Å². The SMILES string of the molecule is CC1(C)OC(=O)C(C=Nc2ccc(-c3ccccn3)nc2)C(=O)O1. The predicted octanol–water partition coefficient (Wildman–Crippen LogP) is 2.30. The van der Waals surface area contributed by atoms with Crippen molar-refractivity contribution >= 4 is 23.8 Å². The summed E-state index contributed by atoms with van der Waals surface area (Å²) in [6.07, 6.45) is 4.42. The molecular formula is C17H15N3O4. The van der Waals surface area contributed by atoms with Crippen molar-refractivity contribution in [2.24, 2.45) is 10.9 Å². The number of rotatable bonds is 3. The molecule has 0 atom stereocenters. The van der Waals surface area contributed by atoms with Crippen molar-refractivity contribution in [3.63, 3.8) is 0 Å². The molecule has 2 aromatic rings. The molecule has 0 saturated carbocycles. The van der Waals surface area contributed by atoms with Crippen molar-refractivity contribution in [2.45, 2.75) is 19.6 Å². The lowest BCUT2D eigenvalue weighted by Gasteiger charge is -2.31. The molecular weight excluding hydrogens is 310 g/mol. The van der Waals surface area contributed by atoms with Crippen LogP contribution in [0.5, 0.6) is 0 Å². The summed E-state index contributed by atoms with van der Waals surface area (Å²) in [6.45, 7) is 2.99. The maximum Gasteiger partial charge on any atom is 0.329 e. The largest absolute Gasteiger partial charge is 0.422 e. The normalized spacial score (nSPS) is 17.6. The lowest BCUT2D eigenvalue weighted by atomic mass is 10.1. The fraction of sp³-hybridized carbons (Fsp3) is 0.235. The molecule has 122 valence electrons. The number of carbonyl (C=O) groups is 2. The van der Waals surface area contributed by atoms with Gasteiger partial charge in [0, 0.05) is 26.3 Å². The molecule has 3 heterocycles. The summed E-state index contributed by atoms with van der Waals surface area (Å²) in [5, 5.41) is 0. The molecule has 0 amide bonds. The van der Waals surface area contributed by atoms with Crippen LogP contribution in [-0.4, -0.2) is 33.9 Å². The van der Waals surface area contributed by atoms with Gasteiger partial charge in [0.15, 0.2) is 5.92 Å². The number of aromatic nitrogens is 2. The molecule has 1 saturated heterocycles. The number of carbonyl (C=O) groups excluding carboxylic acids is 2. The third kappa shape index (κ3) is 3.45. The minimum atomic E-state index is -1.25. The molecule has 1 aliphatic rings. The van der Waals surface area contributed by atoms with Crippen molar-refractivity contribution in [2.75, 3.05) is 0 Å². The number of nitrogens with zero attached hydrogens (tertiary/aromatic N) is 3. The lowest BCUT2D eigenvalue weighted by Crippen LogP contribution is -2.46. The standard InChI is InChI=1S/C17H15N3O4/c1-17(2)23-15(21)12(16(22)24-17)10-19-11-6-7-14(20-9-11)13-5-3-4-8-18-13/h3-10,12H,1-2H3. The first-order chi connectivity index (χ1) is 11.4. The van der Waals surface area contributed by atoms with Crippen LogP contribution in [0.15, 0.2) is 47.7 Å². The van der Waals surface area contributed by atoms with Crippen LogP contribution in [0.1, 0.15) is 13.8 Å². The van der Waals surface area contributed by atoms with Gasteiger partial charge in [-0.05, 0) is 24.3 Å². The Labute approximate surface area is 138 Å². The molecule has 0 aliphatic carbocycles. The first-order valence-electron chi connectivity index (χ1n) is 7.32. The lowest BCUT2D eigenvalue weighted by molar-refractivity contribution is -0.235. The van der Waals surface area contributed by atoms with Gasteiger partial charge in [-0.25, -0.2) is 0 Å². The second-order valence-electron chi connectivity index (χ2n) is 5.61. The average molecular weight is 325 g/mol. The molecule has 1 aliphatic heterocycles. The zero-order chi connectivity index (χ0) is 17.2. The molecule has 0 radical (unpaired) electrons. The highest BCUT2D eigenvalue weighted by Crippen LogP contribution is 2.23. The van der Waals surface area contributed by atoms with Crippen molar-refractivity contribution in [3.8, 4) is 11.4 Å². The van der Waals surface area contributed by atoms with Crippen LogP contribution >= 0.6 is 0 Å². The van der Waals surface area contributed by atoms with E-state index in [-0.39, 0.29) is 0 Å². The number of cyclic esters (lactones) is 2. The van der Waals surface area contributed by atoms with Crippen molar-refractivity contribution < 1.29 is 19.1 Å². The van der Waals surface area contributed by atoms with Crippen LogP contribution in [0, 0.1) is 5.92 Å². The Bertz CT molecular complexity index is 765. The Morgan fingerprint density at radius 3 is 2.33 bits per heavy atom. The maximum absolute atomic E-state index is 11.8. The van der Waals surface area contributed by atoms with E-state index in [0.29, 0.717) is 11.4 Å². The topological polar surface area (TPSA) is 90.7 Å². The Hall–Kier alpha value is -3.09. The Morgan fingerprint density at radius 1 is 1.04 bits per heavy atom. The minimum Gasteiger partial charge on any atom is -0.422 e. The summed E-state index contributed by atoms with van der Waals surface area (Å²) in [7, 11) is 0. The van der Waals surface area contributed by atoms with Gasteiger partial charge in [-0.3, -0.25) is 24.5 Å². The summed E-state index contributed by atoms with van der Waals surface area (Å²) >= 11 is 0. The van der Waals surface area contributed by atoms with Crippen LogP contribution in [0.4, 0.5) is 5.69 Å². The minimum absolute atomic E-state index is 0.500. The highest BCUT2D eigenvalue weighted by atomic mass is 16.7. The van der Waals surface area contributed by atoms with Gasteiger partial charge in [-0.15, -0.1) is 0 Å². The second-order valence-corrected chi connectivity index (χ2v) is 5.61. The molecule has 1 fully saturated rings. The summed E-state index contributed by atoms with van der Waals surface area (Å²) in [6, 6.07) is 9.03. The molecule has 0 aromatic carbocycles. The number of aliphatic imine (C=N–C) groups is 1. The van der Waals surface area contributed by atoms with Crippen LogP contribution in [0.2, 0.25) is 0 Å². The van der Waals surface area contributed by atoms with Gasteiger partial charge in [-0.1, -0.05) is 6.07 Å². The highest BCUT2D eigenvalue weighted by molar-refractivity contribution is 6.10. The van der Waals surface area contributed by atoms with E-state index >= 15 is 0 Å². The average Bonchev–Trinajstić information content (AvgIpc) is 2.54. The van der Waals surface area contributed by atoms with Gasteiger partial charge in [0.25, 0.3) is 5.79 Å². The van der Waals surface area contributed by atoms with Crippen LogP contribution < -0.4 is 0 Å². The van der Waals surface area contributed by atoms with Gasteiger partial charge in [0.05, 0.1) is 23.3 Å². The first kappa shape index (κ1) is 15.8. The fourth-order valence-corrected chi connectivity index (χ4v) is 2.14. The van der Waals surface area contributed by atoms with Crippen LogP contribution in [-0.2, 0) is 19.1 Å². The van der Waals surface area contributed by atoms with Crippen LogP contribution in [0.3, 0.4) is 0 Å². The third-order valence-corrected chi connectivity index (χ3v) is 3.25. The van der Waals surface area contributed by atoms with E-state index in [1.54, 1.807) is 18.3 Å². The summed E-state index contributed by atoms with van der Waals surface area (Å²) in [4.78, 5) is 36.3. The molecule has 7 heteroatoms. The Kier molecular flexibility index (Phi) is 4.07. The van der Waals surface area contributed by atoms with Crippen LogP contribution in [0.25, 0.3) is 11.4 Å². The zero-order valence-electron chi connectivity index (χ0n) is 13.2. The summed E-state index contributed by atoms with van der Waals surface area (Å²) < 4.78 is 10.0. The van der Waals surface area contributed by atoms with Crippen molar-refractivity contribution in [1.29, 1.82) is 0 Å². The van der Waals surface area contributed by atoms with E-state index in [0.717, 1.165) is 5.69 Å². The van der Waals surface area contributed by atoms with Gasteiger partial charge in [-0.2, -0.15) is 0 Å². The van der Waals surface area contributed by atoms with Crippen molar-refractivity contribution in [3.05, 3.63) is 42.7 Å². The molecule has 2 aromatic heterocycles. The van der Waals surface area contributed by atoms with E-state index in [4.69, 9.17) is 9.47 Å². The number of esters is 2. The number of hydrogen-bond acceptors (Lipinski definition) is 7. The van der Waals surface area contributed by atoms with E-state index in [2.05, 4.69) is 15.0 Å². The number of hydrogen-bond donors (Lipinski definition) is 0. The highest BCUT2D eigenvalue weighted by Gasteiger charge is 2.42. The Balaban J connectivity index is 1.73. The number of pyridine rings is 2. The molecule has 7 nitrogen and oxygen atoms in total. The molecule has 0 bridgehead atoms. The Morgan fingerprint density at radius 2 is 1.75 bits per heavy atom. The molecule has 0 spiro atoms. The monoisotopic (exact) mass is 325 g/mol. The summed E-state index contributed by atoms with van der Waals surface area (Å²) in [5.41, 5.74) is 1.95. The molecule has 0 unspecified atom stereocenters. The quantitative estimate of drug-likeness (QED) is 0.488. The van der Waals surface area contributed by atoms with E-state index < -0.39 is 23.6 Å². The number of ether oxygens (including phenoxy) is 2.